The normalized spacial score (nSPS) is 27.6. The number of rotatable bonds is 5. The fourth-order valence-corrected chi connectivity index (χ4v) is 2.98. The number of amides is 1. The summed E-state index contributed by atoms with van der Waals surface area (Å²) in [6.07, 6.45) is 10.8. The average molecular weight is 278 g/mol. The van der Waals surface area contributed by atoms with Gasteiger partial charge in [0.1, 0.15) is 0 Å². The molecule has 0 unspecified atom stereocenters. The highest BCUT2D eigenvalue weighted by molar-refractivity contribution is 5.77. The summed E-state index contributed by atoms with van der Waals surface area (Å²) in [5.74, 6) is 0.225. The van der Waals surface area contributed by atoms with Gasteiger partial charge in [-0.1, -0.05) is 18.2 Å². The number of carbonyl (C=O) groups excluding carboxylic acids is 1. The van der Waals surface area contributed by atoms with E-state index in [2.05, 4.69) is 25.7 Å². The van der Waals surface area contributed by atoms with Gasteiger partial charge in [-0.3, -0.25) is 9.63 Å². The van der Waals surface area contributed by atoms with Crippen molar-refractivity contribution < 1.29 is 9.63 Å². The van der Waals surface area contributed by atoms with Gasteiger partial charge in [0, 0.05) is 31.6 Å². The first-order chi connectivity index (χ1) is 9.72. The van der Waals surface area contributed by atoms with Crippen molar-refractivity contribution in [3.8, 4) is 0 Å². The Labute approximate surface area is 122 Å². The molecular weight excluding hydrogens is 252 g/mol. The Morgan fingerprint density at radius 2 is 2.35 bits per heavy atom. The summed E-state index contributed by atoms with van der Waals surface area (Å²) < 4.78 is 0. The lowest BCUT2D eigenvalue weighted by Crippen LogP contribution is -2.47. The third-order valence-electron chi connectivity index (χ3n) is 4.03. The lowest BCUT2D eigenvalue weighted by Gasteiger charge is -2.38. The lowest BCUT2D eigenvalue weighted by molar-refractivity contribution is -0.183. The number of hydroxylamine groups is 2. The standard InChI is InChI=1S/C16H26N2O2/c1-3-7-15-9-6-8-14(2)18(15)16(19)10-12-17-11-4-5-13-20-17/h3,6,8,14-15H,1,4-5,7,9-13H2,2H3/t14-,15-/m1/s1. The van der Waals surface area contributed by atoms with Crippen LogP contribution in [0.15, 0.2) is 24.8 Å². The quantitative estimate of drug-likeness (QED) is 0.724. The Morgan fingerprint density at radius 3 is 3.05 bits per heavy atom. The Balaban J connectivity index is 1.88. The molecule has 0 radical (unpaired) electrons. The van der Waals surface area contributed by atoms with Crippen molar-refractivity contribution in [2.45, 2.75) is 51.1 Å². The maximum Gasteiger partial charge on any atom is 0.224 e. The molecule has 0 aliphatic carbocycles. The SMILES string of the molecule is C=CC[C@@H]1CC=C[C@@H](C)N1C(=O)CCN1CCCCO1. The summed E-state index contributed by atoms with van der Waals surface area (Å²) in [5, 5.41) is 1.94. The number of hydrogen-bond acceptors (Lipinski definition) is 3. The molecule has 1 saturated heterocycles. The summed E-state index contributed by atoms with van der Waals surface area (Å²) >= 11 is 0. The van der Waals surface area contributed by atoms with Crippen LogP contribution in [-0.4, -0.2) is 47.7 Å². The van der Waals surface area contributed by atoms with Crippen molar-refractivity contribution in [2.24, 2.45) is 0 Å². The summed E-state index contributed by atoms with van der Waals surface area (Å²) in [6.45, 7) is 8.32. The van der Waals surface area contributed by atoms with Gasteiger partial charge in [-0.2, -0.15) is 5.06 Å². The molecule has 2 aliphatic heterocycles. The predicted molar refractivity (Wildman–Crippen MR) is 80.0 cm³/mol. The second kappa shape index (κ2) is 7.60. The molecule has 0 aromatic carbocycles. The Morgan fingerprint density at radius 1 is 1.50 bits per heavy atom. The van der Waals surface area contributed by atoms with Crippen LogP contribution in [0.1, 0.15) is 39.0 Å². The molecule has 2 aliphatic rings. The highest BCUT2D eigenvalue weighted by Crippen LogP contribution is 2.21. The van der Waals surface area contributed by atoms with Gasteiger partial charge >= 0.3 is 0 Å². The molecule has 0 aromatic rings. The smallest absolute Gasteiger partial charge is 0.224 e. The van der Waals surface area contributed by atoms with Crippen LogP contribution in [0, 0.1) is 0 Å². The van der Waals surface area contributed by atoms with Crippen LogP contribution in [0.2, 0.25) is 0 Å². The van der Waals surface area contributed by atoms with E-state index in [-0.39, 0.29) is 18.0 Å². The van der Waals surface area contributed by atoms with Crippen LogP contribution in [0.3, 0.4) is 0 Å². The van der Waals surface area contributed by atoms with Gasteiger partial charge in [-0.15, -0.1) is 6.58 Å². The second-order valence-corrected chi connectivity index (χ2v) is 5.60. The first kappa shape index (κ1) is 15.3. The number of carbonyl (C=O) groups is 1. The van der Waals surface area contributed by atoms with Crippen LogP contribution >= 0.6 is 0 Å². The maximum atomic E-state index is 12.5. The first-order valence-electron chi connectivity index (χ1n) is 7.69. The van der Waals surface area contributed by atoms with Gasteiger partial charge in [-0.05, 0) is 32.6 Å². The number of hydrogen-bond donors (Lipinski definition) is 0. The molecule has 20 heavy (non-hydrogen) atoms. The van der Waals surface area contributed by atoms with E-state index in [4.69, 9.17) is 4.84 Å². The zero-order valence-electron chi connectivity index (χ0n) is 12.5. The average Bonchev–Trinajstić information content (AvgIpc) is 2.46. The molecule has 2 rings (SSSR count). The fourth-order valence-electron chi connectivity index (χ4n) is 2.98. The van der Waals surface area contributed by atoms with Crippen molar-refractivity contribution in [2.75, 3.05) is 19.7 Å². The molecule has 0 spiro atoms. The molecule has 1 amide bonds. The highest BCUT2D eigenvalue weighted by atomic mass is 16.7. The van der Waals surface area contributed by atoms with Crippen LogP contribution in [-0.2, 0) is 9.63 Å². The fraction of sp³-hybridized carbons (Fsp3) is 0.688. The lowest BCUT2D eigenvalue weighted by atomic mass is 10.00. The summed E-state index contributed by atoms with van der Waals surface area (Å²) in [7, 11) is 0. The van der Waals surface area contributed by atoms with Crippen molar-refractivity contribution in [1.82, 2.24) is 9.96 Å². The van der Waals surface area contributed by atoms with E-state index in [0.29, 0.717) is 13.0 Å². The molecule has 0 N–H and O–H groups in total. The zero-order valence-corrected chi connectivity index (χ0v) is 12.5. The van der Waals surface area contributed by atoms with E-state index in [1.54, 1.807) is 0 Å². The van der Waals surface area contributed by atoms with Crippen molar-refractivity contribution >= 4 is 5.91 Å². The van der Waals surface area contributed by atoms with Crippen LogP contribution < -0.4 is 0 Å². The molecule has 2 heterocycles. The molecule has 112 valence electrons. The van der Waals surface area contributed by atoms with E-state index < -0.39 is 0 Å². The Kier molecular flexibility index (Phi) is 5.80. The molecule has 4 nitrogen and oxygen atoms in total. The summed E-state index contributed by atoms with van der Waals surface area (Å²) in [5.41, 5.74) is 0. The molecule has 0 bridgehead atoms. The van der Waals surface area contributed by atoms with Crippen LogP contribution in [0.4, 0.5) is 0 Å². The molecular formula is C16H26N2O2. The minimum Gasteiger partial charge on any atom is -0.333 e. The second-order valence-electron chi connectivity index (χ2n) is 5.60. The van der Waals surface area contributed by atoms with E-state index in [1.807, 2.05) is 16.0 Å². The third-order valence-corrected chi connectivity index (χ3v) is 4.03. The van der Waals surface area contributed by atoms with E-state index >= 15 is 0 Å². The summed E-state index contributed by atoms with van der Waals surface area (Å²) in [4.78, 5) is 20.1. The predicted octanol–water partition coefficient (Wildman–Crippen LogP) is 2.53. The molecule has 0 aromatic heterocycles. The molecule has 2 atom stereocenters. The monoisotopic (exact) mass is 278 g/mol. The topological polar surface area (TPSA) is 32.8 Å². The maximum absolute atomic E-state index is 12.5. The minimum absolute atomic E-state index is 0.184. The van der Waals surface area contributed by atoms with Gasteiger partial charge < -0.3 is 4.90 Å². The van der Waals surface area contributed by atoms with Crippen molar-refractivity contribution in [3.63, 3.8) is 0 Å². The van der Waals surface area contributed by atoms with Crippen LogP contribution in [0.25, 0.3) is 0 Å². The third kappa shape index (κ3) is 3.93. The van der Waals surface area contributed by atoms with Gasteiger partial charge in [0.15, 0.2) is 0 Å². The zero-order chi connectivity index (χ0) is 14.4. The molecule has 4 heteroatoms. The van der Waals surface area contributed by atoms with E-state index in [1.165, 1.54) is 0 Å². The number of nitrogens with zero attached hydrogens (tertiary/aromatic N) is 2. The summed E-state index contributed by atoms with van der Waals surface area (Å²) in [6, 6.07) is 0.450. The first-order valence-corrected chi connectivity index (χ1v) is 7.69. The van der Waals surface area contributed by atoms with Gasteiger partial charge in [-0.25, -0.2) is 0 Å². The van der Waals surface area contributed by atoms with Gasteiger partial charge in [0.2, 0.25) is 5.91 Å². The largest absolute Gasteiger partial charge is 0.333 e. The molecule has 1 fully saturated rings. The Bertz CT molecular complexity index is 361. The van der Waals surface area contributed by atoms with Crippen molar-refractivity contribution in [3.05, 3.63) is 24.8 Å². The Hall–Kier alpha value is -1.13. The molecule has 0 saturated carbocycles. The van der Waals surface area contributed by atoms with Crippen molar-refractivity contribution in [1.29, 1.82) is 0 Å². The minimum atomic E-state index is 0.184. The highest BCUT2D eigenvalue weighted by Gasteiger charge is 2.28. The van der Waals surface area contributed by atoms with Gasteiger partial charge in [0.05, 0.1) is 6.61 Å². The van der Waals surface area contributed by atoms with E-state index in [0.717, 1.165) is 38.8 Å². The van der Waals surface area contributed by atoms with Gasteiger partial charge in [0.25, 0.3) is 0 Å². The van der Waals surface area contributed by atoms with E-state index in [9.17, 15) is 4.79 Å². The van der Waals surface area contributed by atoms with Crippen LogP contribution in [0.5, 0.6) is 0 Å².